The van der Waals surface area contributed by atoms with Gasteiger partial charge in [-0.05, 0) is 54.2 Å². The third kappa shape index (κ3) is 3.58. The monoisotopic (exact) mass is 360 g/mol. The quantitative estimate of drug-likeness (QED) is 0.912. The lowest BCUT2D eigenvalue weighted by Crippen LogP contribution is -3.13. The minimum Gasteiger partial charge on any atom is -0.322 e. The lowest BCUT2D eigenvalue weighted by Gasteiger charge is -2.33. The zero-order chi connectivity index (χ0) is 17.2. The molecule has 1 aliphatic heterocycles. The van der Waals surface area contributed by atoms with Crippen molar-refractivity contribution in [2.75, 3.05) is 13.1 Å². The van der Waals surface area contributed by atoms with Crippen LogP contribution in [0.1, 0.15) is 68.9 Å². The average molecular weight is 361 g/mol. The molecule has 1 aliphatic carbocycles. The van der Waals surface area contributed by atoms with Crippen molar-refractivity contribution in [1.82, 2.24) is 20.2 Å². The first-order chi connectivity index (χ1) is 12.2. The molecule has 5 nitrogen and oxygen atoms in total. The summed E-state index contributed by atoms with van der Waals surface area (Å²) in [5, 5.41) is 13.7. The van der Waals surface area contributed by atoms with Crippen LogP contribution in [0.4, 0.5) is 0 Å². The molecule has 1 aromatic carbocycles. The Bertz CT molecular complexity index is 684. The van der Waals surface area contributed by atoms with E-state index in [0.717, 1.165) is 16.8 Å². The van der Waals surface area contributed by atoms with Crippen LogP contribution in [-0.2, 0) is 0 Å². The van der Waals surface area contributed by atoms with Crippen molar-refractivity contribution < 1.29 is 4.90 Å². The Balaban J connectivity index is 1.70. The fourth-order valence-corrected chi connectivity index (χ4v) is 4.57. The smallest absolute Gasteiger partial charge is 0.214 e. The predicted molar refractivity (Wildman–Crippen MR) is 97.7 cm³/mol. The van der Waals surface area contributed by atoms with Gasteiger partial charge in [-0.15, -0.1) is 5.10 Å². The molecule has 6 heteroatoms. The summed E-state index contributed by atoms with van der Waals surface area (Å²) in [6, 6.07) is 8.92. The fraction of sp³-hybridized carbons (Fsp3) is 0.632. The highest BCUT2D eigenvalue weighted by Gasteiger charge is 2.35. The molecule has 0 amide bonds. The number of hydrogen-bond acceptors (Lipinski definition) is 3. The Kier molecular flexibility index (Phi) is 5.04. The first kappa shape index (κ1) is 17.0. The molecule has 25 heavy (non-hydrogen) atoms. The molecule has 1 N–H and O–H groups in total. The summed E-state index contributed by atoms with van der Waals surface area (Å²) < 4.78 is 2.12. The summed E-state index contributed by atoms with van der Waals surface area (Å²) in [6.45, 7) is 4.70. The second-order valence-corrected chi connectivity index (χ2v) is 8.18. The van der Waals surface area contributed by atoms with E-state index in [1.165, 1.54) is 57.2 Å². The van der Waals surface area contributed by atoms with Gasteiger partial charge in [0.1, 0.15) is 0 Å². The largest absolute Gasteiger partial charge is 0.322 e. The van der Waals surface area contributed by atoms with Gasteiger partial charge in [-0.1, -0.05) is 43.5 Å². The van der Waals surface area contributed by atoms with Crippen LogP contribution in [0.5, 0.6) is 0 Å². The standard InChI is InChI=1S/C19H26ClN5/c1-14-10-12-24(13-11-14)18(15-6-8-16(20)9-7-15)19-21-22-23-25(19)17-4-2-3-5-17/h6-9,14,17-18H,2-5,10-13H2,1H3/p+1/t18-/m0/s1. The van der Waals surface area contributed by atoms with Gasteiger partial charge in [0.25, 0.3) is 0 Å². The first-order valence-electron chi connectivity index (χ1n) is 9.60. The van der Waals surface area contributed by atoms with Crippen molar-refractivity contribution in [1.29, 1.82) is 0 Å². The first-order valence-corrected chi connectivity index (χ1v) is 9.98. The molecule has 1 saturated heterocycles. The van der Waals surface area contributed by atoms with Crippen LogP contribution >= 0.6 is 11.6 Å². The highest BCUT2D eigenvalue weighted by molar-refractivity contribution is 6.30. The van der Waals surface area contributed by atoms with Crippen LogP contribution in [0.2, 0.25) is 5.02 Å². The topological polar surface area (TPSA) is 48.0 Å². The maximum atomic E-state index is 6.13. The molecule has 0 radical (unpaired) electrons. The van der Waals surface area contributed by atoms with Gasteiger partial charge >= 0.3 is 0 Å². The van der Waals surface area contributed by atoms with Crippen molar-refractivity contribution in [3.05, 3.63) is 40.7 Å². The number of rotatable bonds is 4. The van der Waals surface area contributed by atoms with Gasteiger partial charge in [-0.2, -0.15) is 0 Å². The van der Waals surface area contributed by atoms with E-state index in [2.05, 4.69) is 39.3 Å². The number of tetrazole rings is 1. The van der Waals surface area contributed by atoms with Gasteiger partial charge in [0.15, 0.2) is 6.04 Å². The lowest BCUT2D eigenvalue weighted by molar-refractivity contribution is -0.932. The maximum absolute atomic E-state index is 6.13. The normalized spacial score (nSPS) is 26.0. The Hall–Kier alpha value is -1.46. The Morgan fingerprint density at radius 3 is 2.44 bits per heavy atom. The molecule has 2 heterocycles. The Morgan fingerprint density at radius 1 is 1.08 bits per heavy atom. The summed E-state index contributed by atoms with van der Waals surface area (Å²) in [7, 11) is 0. The van der Waals surface area contributed by atoms with Crippen LogP contribution in [0.3, 0.4) is 0 Å². The molecular formula is C19H27ClN5+. The molecule has 2 fully saturated rings. The SMILES string of the molecule is CC1CC[NH+]([C@@H](c2ccc(Cl)cc2)c2nnnn2C2CCCC2)CC1. The Morgan fingerprint density at radius 2 is 1.76 bits per heavy atom. The van der Waals surface area contributed by atoms with E-state index in [9.17, 15) is 0 Å². The van der Waals surface area contributed by atoms with Crippen molar-refractivity contribution in [2.45, 2.75) is 57.5 Å². The Labute approximate surface area is 154 Å². The van der Waals surface area contributed by atoms with Gasteiger partial charge in [0.2, 0.25) is 5.82 Å². The van der Waals surface area contributed by atoms with Crippen LogP contribution in [-0.4, -0.2) is 33.3 Å². The minimum atomic E-state index is 0.195. The minimum absolute atomic E-state index is 0.195. The summed E-state index contributed by atoms with van der Waals surface area (Å²) in [5.41, 5.74) is 1.27. The van der Waals surface area contributed by atoms with Crippen LogP contribution in [0.25, 0.3) is 0 Å². The number of nitrogens with zero attached hydrogens (tertiary/aromatic N) is 4. The van der Waals surface area contributed by atoms with Crippen molar-refractivity contribution >= 4 is 11.6 Å². The number of hydrogen-bond donors (Lipinski definition) is 1. The summed E-state index contributed by atoms with van der Waals surface area (Å²) >= 11 is 6.13. The van der Waals surface area contributed by atoms with Gasteiger partial charge in [0, 0.05) is 10.6 Å². The van der Waals surface area contributed by atoms with Crippen LogP contribution in [0.15, 0.2) is 24.3 Å². The predicted octanol–water partition coefficient (Wildman–Crippen LogP) is 2.85. The number of likely N-dealkylation sites (tertiary alicyclic amines) is 1. The molecule has 2 aliphatic rings. The second kappa shape index (κ2) is 7.42. The number of piperidine rings is 1. The molecule has 2 aromatic rings. The van der Waals surface area contributed by atoms with E-state index in [1.54, 1.807) is 4.90 Å². The molecule has 1 atom stereocenters. The molecule has 0 bridgehead atoms. The summed E-state index contributed by atoms with van der Waals surface area (Å²) in [4.78, 5) is 1.58. The highest BCUT2D eigenvalue weighted by Crippen LogP contribution is 2.31. The number of nitrogens with one attached hydrogen (secondary N) is 1. The van der Waals surface area contributed by atoms with Crippen molar-refractivity contribution in [3.8, 4) is 0 Å². The highest BCUT2D eigenvalue weighted by atomic mass is 35.5. The number of quaternary nitrogens is 1. The molecular weight excluding hydrogens is 334 g/mol. The molecule has 1 aromatic heterocycles. The molecule has 134 valence electrons. The summed E-state index contributed by atoms with van der Waals surface area (Å²) in [5.74, 6) is 1.85. The molecule has 0 spiro atoms. The fourth-order valence-electron chi connectivity index (χ4n) is 4.44. The van der Waals surface area contributed by atoms with Crippen molar-refractivity contribution in [2.24, 2.45) is 5.92 Å². The lowest BCUT2D eigenvalue weighted by atomic mass is 9.95. The van der Waals surface area contributed by atoms with Gasteiger partial charge < -0.3 is 4.90 Å². The summed E-state index contributed by atoms with van der Waals surface area (Å²) in [6.07, 6.45) is 7.48. The molecule has 0 unspecified atom stereocenters. The molecule has 1 saturated carbocycles. The van der Waals surface area contributed by atoms with E-state index in [0.29, 0.717) is 6.04 Å². The van der Waals surface area contributed by atoms with E-state index in [1.807, 2.05) is 12.1 Å². The van der Waals surface area contributed by atoms with Gasteiger partial charge in [0.05, 0.1) is 19.1 Å². The number of aromatic nitrogens is 4. The van der Waals surface area contributed by atoms with Gasteiger partial charge in [-0.3, -0.25) is 0 Å². The van der Waals surface area contributed by atoms with Gasteiger partial charge in [-0.25, -0.2) is 4.68 Å². The average Bonchev–Trinajstić information content (AvgIpc) is 3.30. The van der Waals surface area contributed by atoms with E-state index < -0.39 is 0 Å². The number of halogens is 1. The third-order valence-electron chi connectivity index (χ3n) is 5.98. The van der Waals surface area contributed by atoms with E-state index in [-0.39, 0.29) is 6.04 Å². The van der Waals surface area contributed by atoms with Crippen LogP contribution < -0.4 is 4.90 Å². The third-order valence-corrected chi connectivity index (χ3v) is 6.23. The zero-order valence-corrected chi connectivity index (χ0v) is 15.6. The van der Waals surface area contributed by atoms with E-state index in [4.69, 9.17) is 11.6 Å². The zero-order valence-electron chi connectivity index (χ0n) is 14.9. The van der Waals surface area contributed by atoms with Crippen molar-refractivity contribution in [3.63, 3.8) is 0 Å². The second-order valence-electron chi connectivity index (χ2n) is 7.75. The number of benzene rings is 1. The van der Waals surface area contributed by atoms with E-state index >= 15 is 0 Å². The maximum Gasteiger partial charge on any atom is 0.214 e. The van der Waals surface area contributed by atoms with Crippen LogP contribution in [0, 0.1) is 5.92 Å². The molecule has 4 rings (SSSR count).